The van der Waals surface area contributed by atoms with Crippen molar-refractivity contribution < 1.29 is 14.3 Å². The molecule has 0 aliphatic heterocycles. The van der Waals surface area contributed by atoms with Gasteiger partial charge in [-0.3, -0.25) is 4.79 Å². The molecule has 0 aliphatic rings. The number of fused-ring (bicyclic) bond motifs is 1. The molecule has 0 fully saturated rings. The van der Waals surface area contributed by atoms with Crippen molar-refractivity contribution in [2.45, 2.75) is 33.2 Å². The van der Waals surface area contributed by atoms with E-state index in [0.29, 0.717) is 29.6 Å². The van der Waals surface area contributed by atoms with E-state index in [4.69, 9.17) is 9.47 Å². The minimum Gasteiger partial charge on any atom is -0.493 e. The molecule has 29 heavy (non-hydrogen) atoms. The van der Waals surface area contributed by atoms with Crippen LogP contribution in [0.3, 0.4) is 0 Å². The number of ether oxygens (including phenoxy) is 2. The van der Waals surface area contributed by atoms with E-state index in [-0.39, 0.29) is 11.9 Å². The second-order valence-corrected chi connectivity index (χ2v) is 8.57. The third-order valence-electron chi connectivity index (χ3n) is 4.93. The molecule has 0 saturated heterocycles. The average molecular weight is 413 g/mol. The van der Waals surface area contributed by atoms with E-state index in [1.807, 2.05) is 37.3 Å². The van der Waals surface area contributed by atoms with E-state index >= 15 is 0 Å². The summed E-state index contributed by atoms with van der Waals surface area (Å²) in [6.45, 7) is 6.93. The Hall–Kier alpha value is -2.60. The first-order valence-corrected chi connectivity index (χ1v) is 10.7. The minimum absolute atomic E-state index is 0.0798. The summed E-state index contributed by atoms with van der Waals surface area (Å²) in [7, 11) is 3.39. The molecule has 0 saturated carbocycles. The van der Waals surface area contributed by atoms with Gasteiger partial charge >= 0.3 is 0 Å². The normalized spacial score (nSPS) is 12.2. The van der Waals surface area contributed by atoms with Crippen LogP contribution in [0.15, 0.2) is 42.5 Å². The number of hydrogen-bond acceptors (Lipinski definition) is 5. The third kappa shape index (κ3) is 4.88. The van der Waals surface area contributed by atoms with Gasteiger partial charge in [-0.05, 0) is 49.6 Å². The lowest BCUT2D eigenvalue weighted by Gasteiger charge is -2.23. The Bertz CT molecular complexity index is 950. The van der Waals surface area contributed by atoms with Crippen LogP contribution in [0.5, 0.6) is 11.5 Å². The van der Waals surface area contributed by atoms with Gasteiger partial charge in [0.1, 0.15) is 5.01 Å². The number of thiazole rings is 1. The molecule has 3 aromatic rings. The Morgan fingerprint density at radius 1 is 1.14 bits per heavy atom. The van der Waals surface area contributed by atoms with Crippen molar-refractivity contribution in [3.8, 4) is 11.5 Å². The Labute approximate surface area is 176 Å². The van der Waals surface area contributed by atoms with Gasteiger partial charge < -0.3 is 14.4 Å². The van der Waals surface area contributed by atoms with E-state index in [1.165, 1.54) is 0 Å². The summed E-state index contributed by atoms with van der Waals surface area (Å²) in [6, 6.07) is 13.2. The number of benzene rings is 2. The monoisotopic (exact) mass is 412 g/mol. The minimum atomic E-state index is -0.132. The smallest absolute Gasteiger partial charge is 0.254 e. The standard InChI is InChI=1S/C23H28N2O3S/c1-15(2)12-13-28-19-11-10-17(14-20(19)27-5)23(26)25(4)16(3)22-24-18-8-6-7-9-21(18)29-22/h6-11,14-16H,12-13H2,1-5H3/t16-/m1/s1. The second kappa shape index (κ2) is 9.27. The first kappa shape index (κ1) is 21.1. The Balaban J connectivity index is 1.75. The molecular formula is C23H28N2O3S. The maximum Gasteiger partial charge on any atom is 0.254 e. The van der Waals surface area contributed by atoms with Crippen LogP contribution >= 0.6 is 11.3 Å². The molecule has 5 nitrogen and oxygen atoms in total. The number of aromatic nitrogens is 1. The van der Waals surface area contributed by atoms with Crippen molar-refractivity contribution >= 4 is 27.5 Å². The maximum atomic E-state index is 13.1. The summed E-state index contributed by atoms with van der Waals surface area (Å²) in [6.07, 6.45) is 0.965. The molecule has 0 radical (unpaired) electrons. The lowest BCUT2D eigenvalue weighted by atomic mass is 10.1. The van der Waals surface area contributed by atoms with Crippen LogP contribution in [0.1, 0.15) is 48.6 Å². The maximum absolute atomic E-state index is 13.1. The van der Waals surface area contributed by atoms with Gasteiger partial charge in [-0.15, -0.1) is 11.3 Å². The van der Waals surface area contributed by atoms with Gasteiger partial charge in [0.25, 0.3) is 5.91 Å². The van der Waals surface area contributed by atoms with E-state index < -0.39 is 0 Å². The molecule has 0 unspecified atom stereocenters. The SMILES string of the molecule is COc1cc(C(=O)N(C)[C@H](C)c2nc3ccccc3s2)ccc1OCCC(C)C. The van der Waals surface area contributed by atoms with Crippen molar-refractivity contribution in [3.63, 3.8) is 0 Å². The Morgan fingerprint density at radius 2 is 1.90 bits per heavy atom. The zero-order chi connectivity index (χ0) is 21.0. The number of para-hydroxylation sites is 1. The third-order valence-corrected chi connectivity index (χ3v) is 6.14. The van der Waals surface area contributed by atoms with E-state index in [1.54, 1.807) is 42.5 Å². The van der Waals surface area contributed by atoms with Crippen LogP contribution in [0, 0.1) is 5.92 Å². The highest BCUT2D eigenvalue weighted by Crippen LogP contribution is 2.32. The number of nitrogens with zero attached hydrogens (tertiary/aromatic N) is 2. The zero-order valence-corrected chi connectivity index (χ0v) is 18.5. The average Bonchev–Trinajstić information content (AvgIpc) is 3.16. The number of amides is 1. The molecule has 1 aromatic heterocycles. The molecule has 0 aliphatic carbocycles. The topological polar surface area (TPSA) is 51.7 Å². The van der Waals surface area contributed by atoms with Gasteiger partial charge in [-0.25, -0.2) is 4.98 Å². The summed E-state index contributed by atoms with van der Waals surface area (Å²) in [5, 5.41) is 0.919. The van der Waals surface area contributed by atoms with Gasteiger partial charge in [-0.1, -0.05) is 26.0 Å². The number of methoxy groups -OCH3 is 1. The number of rotatable bonds is 8. The Kier molecular flexibility index (Phi) is 6.75. The molecule has 1 atom stereocenters. The van der Waals surface area contributed by atoms with E-state index in [2.05, 4.69) is 18.8 Å². The largest absolute Gasteiger partial charge is 0.493 e. The molecule has 1 amide bonds. The zero-order valence-electron chi connectivity index (χ0n) is 17.6. The van der Waals surface area contributed by atoms with E-state index in [0.717, 1.165) is 21.6 Å². The van der Waals surface area contributed by atoms with Crippen LogP contribution in [0.4, 0.5) is 0 Å². The second-order valence-electron chi connectivity index (χ2n) is 7.51. The first-order chi connectivity index (χ1) is 13.9. The van der Waals surface area contributed by atoms with Crippen LogP contribution in [0.25, 0.3) is 10.2 Å². The van der Waals surface area contributed by atoms with Crippen molar-refractivity contribution in [3.05, 3.63) is 53.0 Å². The Morgan fingerprint density at radius 3 is 2.59 bits per heavy atom. The summed E-state index contributed by atoms with van der Waals surface area (Å²) < 4.78 is 12.4. The summed E-state index contributed by atoms with van der Waals surface area (Å²) >= 11 is 1.62. The van der Waals surface area contributed by atoms with Gasteiger partial charge in [0.2, 0.25) is 0 Å². The molecule has 0 bridgehead atoms. The fourth-order valence-electron chi connectivity index (χ4n) is 2.94. The van der Waals surface area contributed by atoms with Crippen molar-refractivity contribution in [1.82, 2.24) is 9.88 Å². The molecule has 1 heterocycles. The molecule has 6 heteroatoms. The highest BCUT2D eigenvalue weighted by Gasteiger charge is 2.23. The van der Waals surface area contributed by atoms with Crippen LogP contribution in [-0.2, 0) is 0 Å². The van der Waals surface area contributed by atoms with Gasteiger partial charge in [-0.2, -0.15) is 0 Å². The quantitative estimate of drug-likeness (QED) is 0.486. The van der Waals surface area contributed by atoms with E-state index in [9.17, 15) is 4.79 Å². The number of carbonyl (C=O) groups is 1. The molecule has 2 aromatic carbocycles. The van der Waals surface area contributed by atoms with Crippen molar-refractivity contribution in [1.29, 1.82) is 0 Å². The molecular weight excluding hydrogens is 384 g/mol. The van der Waals surface area contributed by atoms with Crippen LogP contribution < -0.4 is 9.47 Å². The van der Waals surface area contributed by atoms with Crippen molar-refractivity contribution in [2.24, 2.45) is 5.92 Å². The number of carbonyl (C=O) groups excluding carboxylic acids is 1. The highest BCUT2D eigenvalue weighted by molar-refractivity contribution is 7.18. The fraction of sp³-hybridized carbons (Fsp3) is 0.391. The van der Waals surface area contributed by atoms with Gasteiger partial charge in [0.05, 0.1) is 30.0 Å². The predicted molar refractivity (Wildman–Crippen MR) is 118 cm³/mol. The van der Waals surface area contributed by atoms with Crippen LogP contribution in [0.2, 0.25) is 0 Å². The van der Waals surface area contributed by atoms with Crippen LogP contribution in [-0.4, -0.2) is 36.6 Å². The lowest BCUT2D eigenvalue weighted by molar-refractivity contribution is 0.0742. The first-order valence-electron chi connectivity index (χ1n) is 9.84. The molecule has 3 rings (SSSR count). The predicted octanol–water partition coefficient (Wildman–Crippen LogP) is 5.56. The highest BCUT2D eigenvalue weighted by atomic mass is 32.1. The lowest BCUT2D eigenvalue weighted by Crippen LogP contribution is -2.29. The van der Waals surface area contributed by atoms with Gasteiger partial charge in [0, 0.05) is 12.6 Å². The fourth-order valence-corrected chi connectivity index (χ4v) is 4.00. The van der Waals surface area contributed by atoms with Crippen molar-refractivity contribution in [2.75, 3.05) is 20.8 Å². The molecule has 154 valence electrons. The van der Waals surface area contributed by atoms with Gasteiger partial charge in [0.15, 0.2) is 11.5 Å². The summed E-state index contributed by atoms with van der Waals surface area (Å²) in [5.41, 5.74) is 1.53. The molecule has 0 spiro atoms. The summed E-state index contributed by atoms with van der Waals surface area (Å²) in [4.78, 5) is 19.5. The molecule has 0 N–H and O–H groups in total. The summed E-state index contributed by atoms with van der Waals surface area (Å²) in [5.74, 6) is 1.72. The number of hydrogen-bond donors (Lipinski definition) is 0.